The molecule has 2 N–H and O–H groups in total. The van der Waals surface area contributed by atoms with Gasteiger partial charge in [-0.15, -0.1) is 0 Å². The van der Waals surface area contributed by atoms with Gasteiger partial charge in [0.05, 0.1) is 0 Å². The third-order valence-electron chi connectivity index (χ3n) is 4.79. The molecule has 1 amide bonds. The Bertz CT molecular complexity index is 524. The van der Waals surface area contributed by atoms with Crippen LogP contribution in [0.1, 0.15) is 37.2 Å². The molecule has 1 heterocycles. The zero-order valence-electron chi connectivity index (χ0n) is 12.5. The molecule has 22 heavy (non-hydrogen) atoms. The summed E-state index contributed by atoms with van der Waals surface area (Å²) in [5, 5.41) is 13.9. The minimum absolute atomic E-state index is 0.0255. The fourth-order valence-electron chi connectivity index (χ4n) is 3.30. The second-order valence-corrected chi connectivity index (χ2v) is 6.76. The topological polar surface area (TPSA) is 58.6 Å². The van der Waals surface area contributed by atoms with E-state index in [0.717, 1.165) is 30.7 Å². The van der Waals surface area contributed by atoms with E-state index in [1.54, 1.807) is 0 Å². The van der Waals surface area contributed by atoms with Crippen LogP contribution in [0.2, 0.25) is 5.02 Å². The van der Waals surface area contributed by atoms with Crippen LogP contribution in [0, 0.1) is 5.92 Å². The highest BCUT2D eigenvalue weighted by molar-refractivity contribution is 6.30. The van der Waals surface area contributed by atoms with Crippen molar-refractivity contribution in [3.8, 4) is 0 Å². The van der Waals surface area contributed by atoms with E-state index < -0.39 is 6.10 Å². The highest BCUT2D eigenvalue weighted by Crippen LogP contribution is 2.37. The molecule has 2 fully saturated rings. The predicted octanol–water partition coefficient (Wildman–Crippen LogP) is 2.49. The third kappa shape index (κ3) is 3.62. The third-order valence-corrected chi connectivity index (χ3v) is 5.02. The lowest BCUT2D eigenvalue weighted by Gasteiger charge is -2.37. The first-order valence-electron chi connectivity index (χ1n) is 7.95. The van der Waals surface area contributed by atoms with Crippen molar-refractivity contribution in [3.63, 3.8) is 0 Å². The van der Waals surface area contributed by atoms with E-state index in [2.05, 4.69) is 11.4 Å². The molecule has 0 unspecified atom stereocenters. The summed E-state index contributed by atoms with van der Waals surface area (Å²) in [6.45, 7) is 1.27. The molecule has 0 radical (unpaired) electrons. The quantitative estimate of drug-likeness (QED) is 0.895. The summed E-state index contributed by atoms with van der Waals surface area (Å²) in [6, 6.07) is 8.05. The second kappa shape index (κ2) is 6.99. The Hall–Kier alpha value is -1.10. The van der Waals surface area contributed by atoms with Gasteiger partial charge in [0.1, 0.15) is 6.10 Å². The zero-order valence-corrected chi connectivity index (χ0v) is 13.3. The molecule has 5 heteroatoms. The molecule has 0 bridgehead atoms. The molecule has 1 saturated heterocycles. The minimum Gasteiger partial charge on any atom is -0.383 e. The van der Waals surface area contributed by atoms with Crippen LogP contribution in [0.5, 0.6) is 0 Å². The fourth-order valence-corrected chi connectivity index (χ4v) is 3.50. The minimum atomic E-state index is -0.908. The Balaban J connectivity index is 1.46. The van der Waals surface area contributed by atoms with Crippen LogP contribution in [0.15, 0.2) is 24.3 Å². The molecular weight excluding hydrogens is 302 g/mol. The highest BCUT2D eigenvalue weighted by atomic mass is 35.5. The standard InChI is InChI=1S/C17H22ClNO3/c18-14-3-1-2-12(8-14)13-9-15(10-13)19-17(21)16(20)11-4-6-22-7-5-11/h1-3,8,11,13,15-16,20H,4-7,9-10H2,(H,19,21)/t13?,15?,16-/m1/s1. The monoisotopic (exact) mass is 323 g/mol. The summed E-state index contributed by atoms with van der Waals surface area (Å²) in [7, 11) is 0. The lowest BCUT2D eigenvalue weighted by Crippen LogP contribution is -2.49. The van der Waals surface area contributed by atoms with Crippen LogP contribution in [0.3, 0.4) is 0 Å². The maximum absolute atomic E-state index is 12.1. The first-order chi connectivity index (χ1) is 10.6. The summed E-state index contributed by atoms with van der Waals surface area (Å²) in [5.41, 5.74) is 1.22. The van der Waals surface area contributed by atoms with Gasteiger partial charge in [-0.3, -0.25) is 4.79 Å². The number of hydrogen-bond donors (Lipinski definition) is 2. The number of ether oxygens (including phenoxy) is 1. The van der Waals surface area contributed by atoms with E-state index in [9.17, 15) is 9.90 Å². The van der Waals surface area contributed by atoms with E-state index in [4.69, 9.17) is 16.3 Å². The lowest BCUT2D eigenvalue weighted by atomic mass is 9.75. The number of aliphatic hydroxyl groups excluding tert-OH is 1. The van der Waals surface area contributed by atoms with Crippen molar-refractivity contribution >= 4 is 17.5 Å². The lowest BCUT2D eigenvalue weighted by molar-refractivity contribution is -0.135. The Morgan fingerprint density at radius 1 is 1.32 bits per heavy atom. The zero-order chi connectivity index (χ0) is 15.5. The summed E-state index contributed by atoms with van der Waals surface area (Å²) < 4.78 is 5.26. The van der Waals surface area contributed by atoms with Gasteiger partial charge in [0.25, 0.3) is 0 Å². The Morgan fingerprint density at radius 2 is 2.05 bits per heavy atom. The van der Waals surface area contributed by atoms with Gasteiger partial charge in [0.2, 0.25) is 5.91 Å². The van der Waals surface area contributed by atoms with Crippen LogP contribution < -0.4 is 5.32 Å². The van der Waals surface area contributed by atoms with Gasteiger partial charge in [0.15, 0.2) is 0 Å². The molecule has 3 rings (SSSR count). The van der Waals surface area contributed by atoms with Crippen molar-refractivity contribution in [1.29, 1.82) is 0 Å². The van der Waals surface area contributed by atoms with Crippen LogP contribution in [0.4, 0.5) is 0 Å². The van der Waals surface area contributed by atoms with Gasteiger partial charge >= 0.3 is 0 Å². The van der Waals surface area contributed by atoms with Gasteiger partial charge < -0.3 is 15.2 Å². The van der Waals surface area contributed by atoms with Crippen LogP contribution in [-0.4, -0.2) is 36.4 Å². The number of amides is 1. The number of hydrogen-bond acceptors (Lipinski definition) is 3. The summed E-state index contributed by atoms with van der Waals surface area (Å²) >= 11 is 6.01. The number of carbonyl (C=O) groups is 1. The van der Waals surface area contributed by atoms with E-state index in [0.29, 0.717) is 19.1 Å². The Labute approximate surface area is 135 Å². The molecule has 0 spiro atoms. The maximum Gasteiger partial charge on any atom is 0.249 e. The molecule has 1 aromatic rings. The van der Waals surface area contributed by atoms with E-state index in [-0.39, 0.29) is 17.9 Å². The fraction of sp³-hybridized carbons (Fsp3) is 0.588. The van der Waals surface area contributed by atoms with Crippen LogP contribution in [-0.2, 0) is 9.53 Å². The van der Waals surface area contributed by atoms with Gasteiger partial charge in [-0.1, -0.05) is 23.7 Å². The molecule has 0 aromatic heterocycles. The summed E-state index contributed by atoms with van der Waals surface area (Å²) in [6.07, 6.45) is 2.42. The molecule has 4 nitrogen and oxygen atoms in total. The van der Waals surface area contributed by atoms with Crippen molar-refractivity contribution in [2.75, 3.05) is 13.2 Å². The van der Waals surface area contributed by atoms with Crippen molar-refractivity contribution in [1.82, 2.24) is 5.32 Å². The number of benzene rings is 1. The number of halogens is 1. The molecule has 1 atom stereocenters. The van der Waals surface area contributed by atoms with Gasteiger partial charge in [-0.2, -0.15) is 0 Å². The number of rotatable bonds is 4. The van der Waals surface area contributed by atoms with E-state index in [1.807, 2.05) is 18.2 Å². The van der Waals surface area contributed by atoms with Crippen LogP contribution in [0.25, 0.3) is 0 Å². The molecule has 1 aliphatic carbocycles. The molecule has 1 aromatic carbocycles. The van der Waals surface area contributed by atoms with Crippen molar-refractivity contribution < 1.29 is 14.6 Å². The number of carbonyl (C=O) groups excluding carboxylic acids is 1. The van der Waals surface area contributed by atoms with E-state index >= 15 is 0 Å². The molecular formula is C17H22ClNO3. The second-order valence-electron chi connectivity index (χ2n) is 6.32. The van der Waals surface area contributed by atoms with Crippen molar-refractivity contribution in [3.05, 3.63) is 34.9 Å². The molecule has 2 aliphatic rings. The Morgan fingerprint density at radius 3 is 2.73 bits per heavy atom. The first kappa shape index (κ1) is 15.8. The van der Waals surface area contributed by atoms with Gasteiger partial charge in [0, 0.05) is 24.3 Å². The molecule has 120 valence electrons. The van der Waals surface area contributed by atoms with Crippen molar-refractivity contribution in [2.45, 2.75) is 43.7 Å². The SMILES string of the molecule is O=C(NC1CC(c2cccc(Cl)c2)C1)[C@H](O)C1CCOCC1. The number of aliphatic hydroxyl groups is 1. The average molecular weight is 324 g/mol. The van der Waals surface area contributed by atoms with Crippen LogP contribution >= 0.6 is 11.6 Å². The first-order valence-corrected chi connectivity index (χ1v) is 8.33. The normalized spacial score (nSPS) is 27.0. The molecule has 1 aliphatic heterocycles. The Kier molecular flexibility index (Phi) is 5.01. The van der Waals surface area contributed by atoms with Gasteiger partial charge in [-0.05, 0) is 55.2 Å². The summed E-state index contributed by atoms with van der Waals surface area (Å²) in [4.78, 5) is 12.1. The predicted molar refractivity (Wildman–Crippen MR) is 84.9 cm³/mol. The molecule has 1 saturated carbocycles. The summed E-state index contributed by atoms with van der Waals surface area (Å²) in [5.74, 6) is 0.239. The number of nitrogens with one attached hydrogen (secondary N) is 1. The highest BCUT2D eigenvalue weighted by Gasteiger charge is 2.34. The van der Waals surface area contributed by atoms with Gasteiger partial charge in [-0.25, -0.2) is 0 Å². The maximum atomic E-state index is 12.1. The average Bonchev–Trinajstić information content (AvgIpc) is 2.50. The smallest absolute Gasteiger partial charge is 0.249 e. The van der Waals surface area contributed by atoms with Crippen molar-refractivity contribution in [2.24, 2.45) is 5.92 Å². The largest absolute Gasteiger partial charge is 0.383 e. The van der Waals surface area contributed by atoms with E-state index in [1.165, 1.54) is 5.56 Å².